The zero-order valence-electron chi connectivity index (χ0n) is 9.61. The van der Waals surface area contributed by atoms with Crippen molar-refractivity contribution in [2.75, 3.05) is 17.3 Å². The molecular weight excluding hydrogens is 220 g/mol. The Labute approximate surface area is 98.4 Å². The lowest BCUT2D eigenvalue weighted by Crippen LogP contribution is -2.20. The Kier molecular flexibility index (Phi) is 2.67. The molecule has 1 heterocycles. The first kappa shape index (κ1) is 11.3. The predicted octanol–water partition coefficient (Wildman–Crippen LogP) is 0.733. The number of Topliss-reactive ketones (excluding diaryl/α,β-unsaturated/α-hetero) is 1. The minimum Gasteiger partial charge on any atom is -0.319 e. The summed E-state index contributed by atoms with van der Waals surface area (Å²) in [4.78, 5) is 35.0. The molecule has 1 aromatic rings. The van der Waals surface area contributed by atoms with E-state index in [1.165, 1.54) is 6.92 Å². The van der Waals surface area contributed by atoms with E-state index >= 15 is 0 Å². The van der Waals surface area contributed by atoms with E-state index < -0.39 is 11.7 Å². The number of anilines is 2. The molecule has 1 aliphatic rings. The van der Waals surface area contributed by atoms with Crippen LogP contribution in [0.3, 0.4) is 0 Å². The summed E-state index contributed by atoms with van der Waals surface area (Å²) in [7, 11) is 1.71. The minimum absolute atomic E-state index is 0.0232. The maximum Gasteiger partial charge on any atom is 0.291 e. The Hall–Kier alpha value is -2.17. The first-order valence-corrected chi connectivity index (χ1v) is 5.20. The Balaban J connectivity index is 2.25. The van der Waals surface area contributed by atoms with Crippen molar-refractivity contribution >= 4 is 29.0 Å². The molecule has 1 N–H and O–H groups in total. The van der Waals surface area contributed by atoms with E-state index in [9.17, 15) is 14.4 Å². The standard InChI is InChI=1S/C12H12N2O3/c1-7(15)12(17)13-9-3-4-10-8(5-9)6-11(16)14(10)2/h3-5H,6H2,1-2H3,(H,13,17). The third-order valence-electron chi connectivity index (χ3n) is 2.73. The number of carbonyl (C=O) groups is 3. The molecule has 0 atom stereocenters. The second-order valence-electron chi connectivity index (χ2n) is 3.98. The molecule has 5 nitrogen and oxygen atoms in total. The van der Waals surface area contributed by atoms with Gasteiger partial charge < -0.3 is 10.2 Å². The van der Waals surface area contributed by atoms with Gasteiger partial charge in [0.1, 0.15) is 0 Å². The normalized spacial score (nSPS) is 13.5. The van der Waals surface area contributed by atoms with E-state index in [0.717, 1.165) is 11.3 Å². The number of hydrogen-bond acceptors (Lipinski definition) is 3. The van der Waals surface area contributed by atoms with Crippen molar-refractivity contribution in [2.24, 2.45) is 0 Å². The Bertz CT molecular complexity index is 522. The lowest BCUT2D eigenvalue weighted by molar-refractivity contribution is -0.133. The van der Waals surface area contributed by atoms with Crippen LogP contribution >= 0.6 is 0 Å². The summed E-state index contributed by atoms with van der Waals surface area (Å²) in [5.74, 6) is -1.17. The summed E-state index contributed by atoms with van der Waals surface area (Å²) < 4.78 is 0. The van der Waals surface area contributed by atoms with Crippen molar-refractivity contribution < 1.29 is 14.4 Å². The van der Waals surface area contributed by atoms with Crippen molar-refractivity contribution in [3.8, 4) is 0 Å². The fourth-order valence-corrected chi connectivity index (χ4v) is 1.77. The first-order valence-electron chi connectivity index (χ1n) is 5.20. The Morgan fingerprint density at radius 1 is 1.35 bits per heavy atom. The lowest BCUT2D eigenvalue weighted by atomic mass is 10.1. The molecule has 2 amide bonds. The van der Waals surface area contributed by atoms with Gasteiger partial charge in [-0.1, -0.05) is 0 Å². The molecule has 0 bridgehead atoms. The number of benzene rings is 1. The summed E-state index contributed by atoms with van der Waals surface area (Å²) in [6.07, 6.45) is 0.329. The molecule has 88 valence electrons. The minimum atomic E-state index is -0.650. The van der Waals surface area contributed by atoms with Crippen LogP contribution in [-0.2, 0) is 20.8 Å². The van der Waals surface area contributed by atoms with Gasteiger partial charge in [-0.3, -0.25) is 14.4 Å². The summed E-state index contributed by atoms with van der Waals surface area (Å²) >= 11 is 0. The summed E-state index contributed by atoms with van der Waals surface area (Å²) in [6, 6.07) is 5.16. The van der Waals surface area contributed by atoms with Crippen molar-refractivity contribution in [2.45, 2.75) is 13.3 Å². The van der Waals surface area contributed by atoms with Crippen LogP contribution in [0, 0.1) is 0 Å². The molecule has 2 rings (SSSR count). The van der Waals surface area contributed by atoms with Gasteiger partial charge in [-0.05, 0) is 23.8 Å². The molecular formula is C12H12N2O3. The second kappa shape index (κ2) is 4.01. The number of likely N-dealkylation sites (N-methyl/N-ethyl adjacent to an activating group) is 1. The molecule has 1 aliphatic heterocycles. The van der Waals surface area contributed by atoms with Crippen molar-refractivity contribution in [3.05, 3.63) is 23.8 Å². The van der Waals surface area contributed by atoms with E-state index in [-0.39, 0.29) is 5.91 Å². The third-order valence-corrected chi connectivity index (χ3v) is 2.73. The van der Waals surface area contributed by atoms with Crippen LogP contribution in [0.4, 0.5) is 11.4 Å². The molecule has 5 heteroatoms. The van der Waals surface area contributed by atoms with Gasteiger partial charge in [-0.15, -0.1) is 0 Å². The number of amides is 2. The van der Waals surface area contributed by atoms with Gasteiger partial charge in [0.25, 0.3) is 5.91 Å². The lowest BCUT2D eigenvalue weighted by Gasteiger charge is -2.10. The van der Waals surface area contributed by atoms with Crippen molar-refractivity contribution in [3.63, 3.8) is 0 Å². The van der Waals surface area contributed by atoms with Gasteiger partial charge in [0.15, 0.2) is 0 Å². The topological polar surface area (TPSA) is 66.5 Å². The monoisotopic (exact) mass is 232 g/mol. The zero-order valence-corrected chi connectivity index (χ0v) is 9.61. The van der Waals surface area contributed by atoms with Crippen LogP contribution in [0.1, 0.15) is 12.5 Å². The van der Waals surface area contributed by atoms with E-state index in [4.69, 9.17) is 0 Å². The highest BCUT2D eigenvalue weighted by molar-refractivity contribution is 6.39. The van der Waals surface area contributed by atoms with Gasteiger partial charge in [0.2, 0.25) is 11.7 Å². The van der Waals surface area contributed by atoms with Crippen LogP contribution < -0.4 is 10.2 Å². The molecule has 0 fully saturated rings. The Morgan fingerprint density at radius 2 is 2.06 bits per heavy atom. The summed E-state index contributed by atoms with van der Waals surface area (Å²) in [6.45, 7) is 1.21. The number of rotatable bonds is 2. The molecule has 0 aliphatic carbocycles. The average Bonchev–Trinajstić information content (AvgIpc) is 2.54. The van der Waals surface area contributed by atoms with Gasteiger partial charge in [-0.2, -0.15) is 0 Å². The van der Waals surface area contributed by atoms with Gasteiger partial charge in [-0.25, -0.2) is 0 Å². The maximum atomic E-state index is 11.5. The largest absolute Gasteiger partial charge is 0.319 e. The maximum absolute atomic E-state index is 11.5. The molecule has 0 spiro atoms. The van der Waals surface area contributed by atoms with Crippen LogP contribution in [0.15, 0.2) is 18.2 Å². The third kappa shape index (κ3) is 2.04. The molecule has 1 aromatic carbocycles. The highest BCUT2D eigenvalue weighted by Crippen LogP contribution is 2.29. The zero-order chi connectivity index (χ0) is 12.6. The highest BCUT2D eigenvalue weighted by Gasteiger charge is 2.24. The summed E-state index contributed by atoms with van der Waals surface area (Å²) in [5, 5.41) is 2.48. The predicted molar refractivity (Wildman–Crippen MR) is 62.9 cm³/mol. The molecule has 0 unspecified atom stereocenters. The SMILES string of the molecule is CC(=O)C(=O)Nc1ccc2c(c1)CC(=O)N2C. The van der Waals surface area contributed by atoms with E-state index in [1.54, 1.807) is 30.1 Å². The number of fused-ring (bicyclic) bond motifs is 1. The van der Waals surface area contributed by atoms with Crippen molar-refractivity contribution in [1.29, 1.82) is 0 Å². The quantitative estimate of drug-likeness (QED) is 0.764. The van der Waals surface area contributed by atoms with Gasteiger partial charge in [0, 0.05) is 25.3 Å². The molecule has 0 saturated heterocycles. The average molecular weight is 232 g/mol. The number of ketones is 1. The van der Waals surface area contributed by atoms with Crippen molar-refractivity contribution in [1.82, 2.24) is 0 Å². The molecule has 0 saturated carbocycles. The fraction of sp³-hybridized carbons (Fsp3) is 0.250. The number of carbonyl (C=O) groups excluding carboxylic acids is 3. The Morgan fingerprint density at radius 3 is 2.71 bits per heavy atom. The van der Waals surface area contributed by atoms with Crippen LogP contribution in [0.2, 0.25) is 0 Å². The smallest absolute Gasteiger partial charge is 0.291 e. The van der Waals surface area contributed by atoms with Crippen LogP contribution in [0.5, 0.6) is 0 Å². The molecule has 0 radical (unpaired) electrons. The number of nitrogens with one attached hydrogen (secondary N) is 1. The first-order chi connectivity index (χ1) is 7.99. The second-order valence-corrected chi connectivity index (χ2v) is 3.98. The van der Waals surface area contributed by atoms with Crippen LogP contribution in [0.25, 0.3) is 0 Å². The molecule has 17 heavy (non-hydrogen) atoms. The number of nitrogens with zero attached hydrogens (tertiary/aromatic N) is 1. The van der Waals surface area contributed by atoms with E-state index in [2.05, 4.69) is 5.32 Å². The fourth-order valence-electron chi connectivity index (χ4n) is 1.77. The van der Waals surface area contributed by atoms with Crippen LogP contribution in [-0.4, -0.2) is 24.6 Å². The van der Waals surface area contributed by atoms with E-state index in [1.807, 2.05) is 0 Å². The van der Waals surface area contributed by atoms with E-state index in [0.29, 0.717) is 12.1 Å². The number of hydrogen-bond donors (Lipinski definition) is 1. The highest BCUT2D eigenvalue weighted by atomic mass is 16.2. The van der Waals surface area contributed by atoms with Gasteiger partial charge >= 0.3 is 0 Å². The molecule has 0 aromatic heterocycles. The summed E-state index contributed by atoms with van der Waals surface area (Å²) in [5.41, 5.74) is 2.24. The van der Waals surface area contributed by atoms with Gasteiger partial charge in [0.05, 0.1) is 6.42 Å².